The van der Waals surface area contributed by atoms with Crippen LogP contribution < -0.4 is 9.62 Å². The summed E-state index contributed by atoms with van der Waals surface area (Å²) in [5, 5.41) is 3.80. The van der Waals surface area contributed by atoms with E-state index in [1.54, 1.807) is 43.3 Å². The van der Waals surface area contributed by atoms with Gasteiger partial charge in [-0.05, 0) is 86.7 Å². The molecule has 0 aromatic heterocycles. The second-order valence-electron chi connectivity index (χ2n) is 11.9. The van der Waals surface area contributed by atoms with Gasteiger partial charge in [-0.1, -0.05) is 96.4 Å². The van der Waals surface area contributed by atoms with E-state index in [0.717, 1.165) is 21.0 Å². The van der Waals surface area contributed by atoms with E-state index in [1.807, 2.05) is 70.2 Å². The molecule has 0 spiro atoms. The molecule has 4 rings (SSSR count). The van der Waals surface area contributed by atoms with Gasteiger partial charge in [0.1, 0.15) is 12.6 Å². The average Bonchev–Trinajstić information content (AvgIpc) is 3.04. The molecule has 4 aromatic carbocycles. The summed E-state index contributed by atoms with van der Waals surface area (Å²) in [5.74, 6) is -0.908. The summed E-state index contributed by atoms with van der Waals surface area (Å²) in [6, 6.07) is 25.2. The first kappa shape index (κ1) is 36.0. The zero-order valence-corrected chi connectivity index (χ0v) is 29.7. The normalized spacial score (nSPS) is 12.7. The topological polar surface area (TPSA) is 86.8 Å². The van der Waals surface area contributed by atoms with Crippen LogP contribution in [0, 0.1) is 20.8 Å². The minimum absolute atomic E-state index is 0.0501. The molecular formula is C37H41Cl2N3O4S. The molecule has 7 nitrogen and oxygen atoms in total. The van der Waals surface area contributed by atoms with Gasteiger partial charge < -0.3 is 10.2 Å². The Balaban J connectivity index is 1.86. The molecular weight excluding hydrogens is 653 g/mol. The van der Waals surface area contributed by atoms with Gasteiger partial charge in [-0.3, -0.25) is 13.9 Å². The Kier molecular flexibility index (Phi) is 12.1. The van der Waals surface area contributed by atoms with E-state index in [4.69, 9.17) is 23.2 Å². The minimum atomic E-state index is -4.21. The molecule has 47 heavy (non-hydrogen) atoms. The van der Waals surface area contributed by atoms with Crippen LogP contribution in [-0.4, -0.2) is 43.8 Å². The van der Waals surface area contributed by atoms with E-state index < -0.39 is 28.5 Å². The molecule has 0 fully saturated rings. The predicted molar refractivity (Wildman–Crippen MR) is 190 cm³/mol. The fraction of sp³-hybridized carbons (Fsp3) is 0.297. The number of aryl methyl sites for hydroxylation is 3. The Morgan fingerprint density at radius 3 is 2.15 bits per heavy atom. The minimum Gasteiger partial charge on any atom is -0.352 e. The number of halogens is 2. The average molecular weight is 695 g/mol. The highest BCUT2D eigenvalue weighted by molar-refractivity contribution is 7.92. The van der Waals surface area contributed by atoms with Gasteiger partial charge in [-0.25, -0.2) is 8.42 Å². The van der Waals surface area contributed by atoms with E-state index in [-0.39, 0.29) is 29.8 Å². The number of amides is 2. The van der Waals surface area contributed by atoms with E-state index in [0.29, 0.717) is 33.3 Å². The SMILES string of the molecule is CC[C@H](C)NC(=O)[C@H](Cc1ccccc1)N(Cc1ccc(Cl)cc1Cl)C(=O)CN(c1cc(C)ccc1C)S(=O)(=O)c1ccc(C)cc1. The van der Waals surface area contributed by atoms with Crippen molar-refractivity contribution in [3.63, 3.8) is 0 Å². The smallest absolute Gasteiger partial charge is 0.264 e. The molecule has 0 radical (unpaired) electrons. The summed E-state index contributed by atoms with van der Waals surface area (Å²) in [7, 11) is -4.21. The first-order valence-electron chi connectivity index (χ1n) is 15.5. The second-order valence-corrected chi connectivity index (χ2v) is 14.6. The number of nitrogens with zero attached hydrogens (tertiary/aromatic N) is 2. The first-order valence-corrected chi connectivity index (χ1v) is 17.7. The van der Waals surface area contributed by atoms with Gasteiger partial charge in [0.2, 0.25) is 11.8 Å². The highest BCUT2D eigenvalue weighted by Crippen LogP contribution is 2.30. The number of hydrogen-bond donors (Lipinski definition) is 1. The van der Waals surface area contributed by atoms with Crippen molar-refractivity contribution in [3.05, 3.63) is 129 Å². The van der Waals surface area contributed by atoms with Gasteiger partial charge in [-0.2, -0.15) is 0 Å². The van der Waals surface area contributed by atoms with Gasteiger partial charge in [0.15, 0.2) is 0 Å². The highest BCUT2D eigenvalue weighted by atomic mass is 35.5. The summed E-state index contributed by atoms with van der Waals surface area (Å²) in [4.78, 5) is 30.2. The standard InChI is InChI=1S/C37H41Cl2N3O4S/c1-6-28(5)40-37(44)35(21-29-10-8-7-9-11-29)41(23-30-16-17-31(38)22-33(30)39)36(43)24-42(34-20-26(3)12-15-27(34)4)47(45,46)32-18-13-25(2)14-19-32/h7-20,22,28,35H,6,21,23-24H2,1-5H3,(H,40,44)/t28-,35-/m0/s1. The molecule has 0 heterocycles. The molecule has 1 N–H and O–H groups in total. The van der Waals surface area contributed by atoms with Crippen molar-refractivity contribution in [3.8, 4) is 0 Å². The van der Waals surface area contributed by atoms with Crippen LogP contribution in [0.3, 0.4) is 0 Å². The van der Waals surface area contributed by atoms with Crippen molar-refractivity contribution in [2.24, 2.45) is 0 Å². The van der Waals surface area contributed by atoms with E-state index in [2.05, 4.69) is 5.32 Å². The molecule has 0 aliphatic carbocycles. The van der Waals surface area contributed by atoms with Crippen LogP contribution in [0.2, 0.25) is 10.0 Å². The fourth-order valence-electron chi connectivity index (χ4n) is 5.17. The highest BCUT2D eigenvalue weighted by Gasteiger charge is 2.35. The van der Waals surface area contributed by atoms with Crippen LogP contribution in [0.25, 0.3) is 0 Å². The predicted octanol–water partition coefficient (Wildman–Crippen LogP) is 7.67. The van der Waals surface area contributed by atoms with E-state index in [9.17, 15) is 18.0 Å². The van der Waals surface area contributed by atoms with Gasteiger partial charge >= 0.3 is 0 Å². The largest absolute Gasteiger partial charge is 0.352 e. The lowest BCUT2D eigenvalue weighted by Crippen LogP contribution is -2.54. The van der Waals surface area contributed by atoms with Crippen molar-refractivity contribution < 1.29 is 18.0 Å². The van der Waals surface area contributed by atoms with Crippen molar-refractivity contribution in [1.82, 2.24) is 10.2 Å². The fourth-order valence-corrected chi connectivity index (χ4v) is 7.11. The van der Waals surface area contributed by atoms with Crippen LogP contribution in [0.5, 0.6) is 0 Å². The Labute approximate surface area is 288 Å². The maximum atomic E-state index is 14.7. The summed E-state index contributed by atoms with van der Waals surface area (Å²) < 4.78 is 29.8. The third kappa shape index (κ3) is 9.15. The van der Waals surface area contributed by atoms with Crippen molar-refractivity contribution in [1.29, 1.82) is 0 Å². The van der Waals surface area contributed by atoms with Crippen LogP contribution in [0.15, 0.2) is 95.9 Å². The lowest BCUT2D eigenvalue weighted by molar-refractivity contribution is -0.140. The van der Waals surface area contributed by atoms with Gasteiger partial charge in [0.25, 0.3) is 10.0 Å². The number of rotatable bonds is 13. The molecule has 0 saturated heterocycles. The maximum absolute atomic E-state index is 14.7. The molecule has 2 atom stereocenters. The summed E-state index contributed by atoms with van der Waals surface area (Å²) >= 11 is 12.8. The molecule has 0 unspecified atom stereocenters. The quantitative estimate of drug-likeness (QED) is 0.156. The van der Waals surface area contributed by atoms with Crippen molar-refractivity contribution in [2.45, 2.75) is 71.0 Å². The Morgan fingerprint density at radius 2 is 1.51 bits per heavy atom. The monoisotopic (exact) mass is 693 g/mol. The molecule has 248 valence electrons. The number of hydrogen-bond acceptors (Lipinski definition) is 4. The lowest BCUT2D eigenvalue weighted by Gasteiger charge is -2.35. The maximum Gasteiger partial charge on any atom is 0.264 e. The number of benzene rings is 4. The lowest BCUT2D eigenvalue weighted by atomic mass is 10.0. The van der Waals surface area contributed by atoms with Gasteiger partial charge in [0, 0.05) is 29.1 Å². The Morgan fingerprint density at radius 1 is 0.851 bits per heavy atom. The Hall–Kier alpha value is -3.85. The summed E-state index contributed by atoms with van der Waals surface area (Å²) in [6.07, 6.45) is 0.893. The molecule has 2 amide bonds. The van der Waals surface area contributed by atoms with Crippen LogP contribution in [-0.2, 0) is 32.6 Å². The molecule has 0 bridgehead atoms. The molecule has 0 aliphatic heterocycles. The Bertz CT molecular complexity index is 1820. The van der Waals surface area contributed by atoms with Crippen molar-refractivity contribution in [2.75, 3.05) is 10.8 Å². The zero-order valence-electron chi connectivity index (χ0n) is 27.3. The third-order valence-corrected chi connectivity index (χ3v) is 10.5. The summed E-state index contributed by atoms with van der Waals surface area (Å²) in [5.41, 5.74) is 4.21. The number of anilines is 1. The van der Waals surface area contributed by atoms with Crippen molar-refractivity contribution >= 4 is 50.7 Å². The van der Waals surface area contributed by atoms with E-state index >= 15 is 0 Å². The van der Waals surface area contributed by atoms with Crippen LogP contribution >= 0.6 is 23.2 Å². The molecule has 4 aromatic rings. The van der Waals surface area contributed by atoms with Crippen LogP contribution in [0.1, 0.15) is 48.1 Å². The number of carbonyl (C=O) groups excluding carboxylic acids is 2. The summed E-state index contributed by atoms with van der Waals surface area (Å²) in [6.45, 7) is 8.81. The van der Waals surface area contributed by atoms with E-state index in [1.165, 1.54) is 17.0 Å². The van der Waals surface area contributed by atoms with Crippen LogP contribution in [0.4, 0.5) is 5.69 Å². The third-order valence-electron chi connectivity index (χ3n) is 8.15. The molecule has 0 saturated carbocycles. The second kappa shape index (κ2) is 15.8. The number of sulfonamides is 1. The molecule has 10 heteroatoms. The van der Waals surface area contributed by atoms with Gasteiger partial charge in [0.05, 0.1) is 10.6 Å². The number of carbonyl (C=O) groups is 2. The zero-order chi connectivity index (χ0) is 34.3. The number of nitrogens with one attached hydrogen (secondary N) is 1. The molecule has 0 aliphatic rings. The first-order chi connectivity index (χ1) is 22.3. The van der Waals surface area contributed by atoms with Gasteiger partial charge in [-0.15, -0.1) is 0 Å².